The molecule has 1 aromatic rings. The van der Waals surface area contributed by atoms with E-state index >= 15 is 0 Å². The highest BCUT2D eigenvalue weighted by molar-refractivity contribution is 5.76. The van der Waals surface area contributed by atoms with Crippen LogP contribution in [0.2, 0.25) is 0 Å². The van der Waals surface area contributed by atoms with Gasteiger partial charge in [-0.3, -0.25) is 4.79 Å². The second-order valence-electron chi connectivity index (χ2n) is 4.09. The molecule has 2 N–H and O–H groups in total. The predicted octanol–water partition coefficient (Wildman–Crippen LogP) is 2.66. The molecule has 0 saturated heterocycles. The van der Waals surface area contributed by atoms with E-state index in [0.29, 0.717) is 19.5 Å². The number of aryl methyl sites for hydroxylation is 1. The summed E-state index contributed by atoms with van der Waals surface area (Å²) in [6.07, 6.45) is 1.41. The zero-order chi connectivity index (χ0) is 14.1. The number of rotatable bonds is 8. The molecular weight excluding hydrogens is 244 g/mol. The van der Waals surface area contributed by atoms with Crippen LogP contribution in [0.4, 0.5) is 0 Å². The zero-order valence-corrected chi connectivity index (χ0v) is 10.9. The van der Waals surface area contributed by atoms with Gasteiger partial charge in [0, 0.05) is 11.5 Å². The second-order valence-corrected chi connectivity index (χ2v) is 4.09. The Morgan fingerprint density at radius 1 is 1.53 bits per heavy atom. The molecule has 0 spiro atoms. The molecule has 0 aliphatic heterocycles. The van der Waals surface area contributed by atoms with Crippen molar-refractivity contribution < 1.29 is 9.90 Å². The zero-order valence-electron chi connectivity index (χ0n) is 10.9. The van der Waals surface area contributed by atoms with Gasteiger partial charge in [-0.05, 0) is 36.0 Å². The van der Waals surface area contributed by atoms with Crippen molar-refractivity contribution in [3.63, 3.8) is 0 Å². The van der Waals surface area contributed by atoms with Gasteiger partial charge >= 0.3 is 5.97 Å². The lowest BCUT2D eigenvalue weighted by Gasteiger charge is -2.17. The molecule has 0 saturated carbocycles. The number of azide groups is 1. The third-order valence-corrected chi connectivity index (χ3v) is 2.84. The van der Waals surface area contributed by atoms with Gasteiger partial charge in [0.05, 0.1) is 0 Å². The first kappa shape index (κ1) is 15.0. The molecule has 0 radical (unpaired) electrons. The summed E-state index contributed by atoms with van der Waals surface area (Å²) >= 11 is 0. The molecule has 1 aromatic carbocycles. The first-order chi connectivity index (χ1) is 9.20. The maximum Gasteiger partial charge on any atom is 0.325 e. The Bertz CT molecular complexity index is 469. The number of nitrogens with zero attached hydrogens (tertiary/aromatic N) is 3. The first-order valence-corrected chi connectivity index (χ1v) is 6.25. The van der Waals surface area contributed by atoms with E-state index in [9.17, 15) is 9.90 Å². The molecule has 0 amide bonds. The summed E-state index contributed by atoms with van der Waals surface area (Å²) in [6, 6.07) is 6.79. The number of carboxylic acid groups (broad SMARTS) is 1. The lowest BCUT2D eigenvalue weighted by molar-refractivity contribution is -0.139. The summed E-state index contributed by atoms with van der Waals surface area (Å²) < 4.78 is 0. The minimum atomic E-state index is -0.898. The molecule has 6 heteroatoms. The highest BCUT2D eigenvalue weighted by atomic mass is 16.4. The molecule has 102 valence electrons. The van der Waals surface area contributed by atoms with Crippen molar-refractivity contribution in [2.24, 2.45) is 5.11 Å². The fraction of sp³-hybridized carbons (Fsp3) is 0.462. The highest BCUT2D eigenvalue weighted by Crippen LogP contribution is 2.19. The second kappa shape index (κ2) is 8.13. The third kappa shape index (κ3) is 4.62. The van der Waals surface area contributed by atoms with Gasteiger partial charge in [-0.1, -0.05) is 36.3 Å². The molecule has 0 aliphatic rings. The van der Waals surface area contributed by atoms with E-state index in [1.807, 2.05) is 31.2 Å². The molecule has 1 atom stereocenters. The summed E-state index contributed by atoms with van der Waals surface area (Å²) in [4.78, 5) is 14.0. The smallest absolute Gasteiger partial charge is 0.325 e. The Morgan fingerprint density at radius 2 is 2.26 bits per heavy atom. The van der Waals surface area contributed by atoms with Crippen molar-refractivity contribution in [1.29, 1.82) is 0 Å². The van der Waals surface area contributed by atoms with Crippen molar-refractivity contribution in [2.75, 3.05) is 13.1 Å². The number of carbonyl (C=O) groups is 1. The van der Waals surface area contributed by atoms with Crippen LogP contribution < -0.4 is 5.32 Å². The Kier molecular flexibility index (Phi) is 6.43. The molecule has 0 aliphatic carbocycles. The monoisotopic (exact) mass is 262 g/mol. The average molecular weight is 262 g/mol. The minimum Gasteiger partial charge on any atom is -0.480 e. The van der Waals surface area contributed by atoms with Crippen LogP contribution in [0.25, 0.3) is 10.4 Å². The summed E-state index contributed by atoms with van der Waals surface area (Å²) in [5.41, 5.74) is 9.97. The fourth-order valence-electron chi connectivity index (χ4n) is 1.91. The molecule has 6 nitrogen and oxygen atoms in total. The Balaban J connectivity index is 2.71. The lowest BCUT2D eigenvalue weighted by Crippen LogP contribution is -2.30. The highest BCUT2D eigenvalue weighted by Gasteiger charge is 2.20. The van der Waals surface area contributed by atoms with Crippen LogP contribution >= 0.6 is 0 Å². The Hall–Kier alpha value is -2.04. The molecule has 0 heterocycles. The number of carboxylic acids is 1. The van der Waals surface area contributed by atoms with Gasteiger partial charge in [0.2, 0.25) is 0 Å². The van der Waals surface area contributed by atoms with E-state index in [1.165, 1.54) is 0 Å². The maximum absolute atomic E-state index is 11.3. The van der Waals surface area contributed by atoms with Crippen LogP contribution in [0, 0.1) is 0 Å². The van der Waals surface area contributed by atoms with Gasteiger partial charge in [-0.15, -0.1) is 0 Å². The minimum absolute atomic E-state index is 0.366. The van der Waals surface area contributed by atoms with Crippen LogP contribution in [-0.2, 0) is 11.2 Å². The van der Waals surface area contributed by atoms with Gasteiger partial charge in [0.1, 0.15) is 6.04 Å². The molecule has 0 aromatic heterocycles. The number of nitrogens with one attached hydrogen (secondary N) is 1. The summed E-state index contributed by atoms with van der Waals surface area (Å²) in [6.45, 7) is 2.86. The SMILES string of the molecule is CCc1ccccc1C(NCCCN=[N+]=[N-])C(=O)O. The average Bonchev–Trinajstić information content (AvgIpc) is 2.42. The van der Waals surface area contributed by atoms with Gasteiger partial charge in [-0.2, -0.15) is 0 Å². The summed E-state index contributed by atoms with van der Waals surface area (Å²) in [7, 11) is 0. The summed E-state index contributed by atoms with van der Waals surface area (Å²) in [5.74, 6) is -0.898. The molecule has 0 bridgehead atoms. The Morgan fingerprint density at radius 3 is 2.89 bits per heavy atom. The maximum atomic E-state index is 11.3. The van der Waals surface area contributed by atoms with Crippen LogP contribution in [0.1, 0.15) is 30.5 Å². The van der Waals surface area contributed by atoms with Crippen molar-refractivity contribution in [3.8, 4) is 0 Å². The van der Waals surface area contributed by atoms with Crippen LogP contribution in [0.5, 0.6) is 0 Å². The number of aliphatic carboxylic acids is 1. The van der Waals surface area contributed by atoms with Gasteiger partial charge < -0.3 is 10.4 Å². The predicted molar refractivity (Wildman–Crippen MR) is 72.8 cm³/mol. The van der Waals surface area contributed by atoms with Gasteiger partial charge in [-0.25, -0.2) is 0 Å². The van der Waals surface area contributed by atoms with Crippen molar-refractivity contribution >= 4 is 5.97 Å². The standard InChI is InChI=1S/C13H18N4O2/c1-2-10-6-3-4-7-11(10)12(13(18)19)15-8-5-9-16-17-14/h3-4,6-7,12,15H,2,5,8-9H2,1H3,(H,18,19). The fourth-order valence-corrected chi connectivity index (χ4v) is 1.91. The molecule has 1 rings (SSSR count). The van der Waals surface area contributed by atoms with Crippen molar-refractivity contribution in [1.82, 2.24) is 5.32 Å². The third-order valence-electron chi connectivity index (χ3n) is 2.84. The van der Waals surface area contributed by atoms with E-state index in [2.05, 4.69) is 15.3 Å². The van der Waals surface area contributed by atoms with Crippen LogP contribution in [0.15, 0.2) is 29.4 Å². The number of benzene rings is 1. The van der Waals surface area contributed by atoms with Crippen molar-refractivity contribution in [3.05, 3.63) is 45.8 Å². The van der Waals surface area contributed by atoms with Crippen LogP contribution in [0.3, 0.4) is 0 Å². The summed E-state index contributed by atoms with van der Waals surface area (Å²) in [5, 5.41) is 15.7. The van der Waals surface area contributed by atoms with Crippen LogP contribution in [-0.4, -0.2) is 24.2 Å². The van der Waals surface area contributed by atoms with E-state index in [1.54, 1.807) is 0 Å². The first-order valence-electron chi connectivity index (χ1n) is 6.25. The molecule has 19 heavy (non-hydrogen) atoms. The van der Waals surface area contributed by atoms with Gasteiger partial charge in [0.25, 0.3) is 0 Å². The molecular formula is C13H18N4O2. The van der Waals surface area contributed by atoms with Gasteiger partial charge in [0.15, 0.2) is 0 Å². The lowest BCUT2D eigenvalue weighted by atomic mass is 9.98. The van der Waals surface area contributed by atoms with Crippen molar-refractivity contribution in [2.45, 2.75) is 25.8 Å². The normalized spacial score (nSPS) is 11.6. The largest absolute Gasteiger partial charge is 0.480 e. The Labute approximate surface area is 112 Å². The molecule has 0 fully saturated rings. The van der Waals surface area contributed by atoms with E-state index < -0.39 is 12.0 Å². The van der Waals surface area contributed by atoms with E-state index in [0.717, 1.165) is 17.5 Å². The number of hydrogen-bond donors (Lipinski definition) is 2. The quantitative estimate of drug-likeness (QED) is 0.326. The number of hydrogen-bond acceptors (Lipinski definition) is 3. The van der Waals surface area contributed by atoms with E-state index in [-0.39, 0.29) is 0 Å². The van der Waals surface area contributed by atoms with E-state index in [4.69, 9.17) is 5.53 Å². The topological polar surface area (TPSA) is 98.1 Å². The molecule has 1 unspecified atom stereocenters.